The van der Waals surface area contributed by atoms with Gasteiger partial charge in [0.1, 0.15) is 11.0 Å². The molecule has 0 N–H and O–H groups in total. The second-order valence-electron chi connectivity index (χ2n) is 9.99. The van der Waals surface area contributed by atoms with Crippen LogP contribution in [0.5, 0.6) is 0 Å². The van der Waals surface area contributed by atoms with Crippen LogP contribution in [0, 0.1) is 0 Å². The van der Waals surface area contributed by atoms with Gasteiger partial charge in [-0.25, -0.2) is 9.97 Å². The Kier molecular flexibility index (Phi) is 9.23. The summed E-state index contributed by atoms with van der Waals surface area (Å²) in [4.78, 5) is 27.8. The van der Waals surface area contributed by atoms with E-state index in [0.29, 0.717) is 60.0 Å². The minimum absolute atomic E-state index is 0.0952. The van der Waals surface area contributed by atoms with E-state index in [0.717, 1.165) is 29.1 Å². The summed E-state index contributed by atoms with van der Waals surface area (Å²) in [5, 5.41) is 0.938. The van der Waals surface area contributed by atoms with Crippen molar-refractivity contribution in [3.05, 3.63) is 112 Å². The number of rotatable bonds is 8. The number of hydrogen-bond donors (Lipinski definition) is 0. The molecule has 3 aromatic carbocycles. The first kappa shape index (κ1) is 29.7. The van der Waals surface area contributed by atoms with Crippen LogP contribution in [0.4, 0.5) is 24.7 Å². The molecule has 1 aliphatic heterocycles. The highest BCUT2D eigenvalue weighted by atomic mass is 35.5. The smallest absolute Gasteiger partial charge is 0.368 e. The van der Waals surface area contributed by atoms with E-state index >= 15 is 0 Å². The van der Waals surface area contributed by atoms with Crippen molar-refractivity contribution in [1.82, 2.24) is 14.9 Å². The predicted octanol–water partition coefficient (Wildman–Crippen LogP) is 7.04. The molecule has 0 unspecified atom stereocenters. The van der Waals surface area contributed by atoms with Crippen LogP contribution in [0.1, 0.15) is 27.0 Å². The van der Waals surface area contributed by atoms with Gasteiger partial charge in [0.2, 0.25) is 0 Å². The largest absolute Gasteiger partial charge is 0.416 e. The standard InChI is InChI=1S/C31H29ClF3N5OS/c1-38(20-22-6-3-2-4-7-22)28-19-27(32)36-30(37-28)42-21-23-10-12-24(13-11-23)29(41)40-16-14-39(15-17-40)26-9-5-8-25(18-26)31(33,34)35/h2-13,18-19H,14-17,20-21H2,1H3. The normalized spacial score (nSPS) is 13.7. The van der Waals surface area contributed by atoms with Gasteiger partial charge in [-0.1, -0.05) is 71.9 Å². The molecule has 1 aliphatic rings. The summed E-state index contributed by atoms with van der Waals surface area (Å²) in [6, 6.07) is 24.6. The monoisotopic (exact) mass is 611 g/mol. The van der Waals surface area contributed by atoms with E-state index in [1.54, 1.807) is 29.2 Å². The van der Waals surface area contributed by atoms with Gasteiger partial charge in [0.25, 0.3) is 5.91 Å². The summed E-state index contributed by atoms with van der Waals surface area (Å²) in [6.45, 7) is 2.47. The SMILES string of the molecule is CN(Cc1ccccc1)c1cc(Cl)nc(SCc2ccc(C(=O)N3CCN(c4cccc(C(F)(F)F)c4)CC3)cc2)n1. The fourth-order valence-electron chi connectivity index (χ4n) is 4.70. The van der Waals surface area contributed by atoms with E-state index < -0.39 is 11.7 Å². The van der Waals surface area contributed by atoms with Gasteiger partial charge >= 0.3 is 6.18 Å². The highest BCUT2D eigenvalue weighted by Gasteiger charge is 2.31. The number of alkyl halides is 3. The maximum Gasteiger partial charge on any atom is 0.416 e. The van der Waals surface area contributed by atoms with E-state index in [-0.39, 0.29) is 5.91 Å². The van der Waals surface area contributed by atoms with Gasteiger partial charge in [0, 0.05) is 62.8 Å². The van der Waals surface area contributed by atoms with Crippen molar-refractivity contribution >= 4 is 40.8 Å². The zero-order valence-corrected chi connectivity index (χ0v) is 24.5. The molecular formula is C31H29ClF3N5OS. The van der Waals surface area contributed by atoms with Crippen LogP contribution < -0.4 is 9.80 Å². The number of piperazine rings is 1. The van der Waals surface area contributed by atoms with Gasteiger partial charge < -0.3 is 14.7 Å². The lowest BCUT2D eigenvalue weighted by Crippen LogP contribution is -2.48. The van der Waals surface area contributed by atoms with E-state index in [9.17, 15) is 18.0 Å². The Morgan fingerprint density at radius 3 is 2.31 bits per heavy atom. The second kappa shape index (κ2) is 13.0. The van der Waals surface area contributed by atoms with Crippen molar-refractivity contribution in [2.24, 2.45) is 0 Å². The number of nitrogens with zero attached hydrogens (tertiary/aromatic N) is 5. The summed E-state index contributed by atoms with van der Waals surface area (Å²) in [5.74, 6) is 1.24. The molecule has 0 atom stereocenters. The Balaban J connectivity index is 1.15. The molecule has 5 rings (SSSR count). The summed E-state index contributed by atoms with van der Waals surface area (Å²) in [7, 11) is 1.96. The lowest BCUT2D eigenvalue weighted by Gasteiger charge is -2.36. The Labute approximate surface area is 252 Å². The molecule has 2 heterocycles. The van der Waals surface area contributed by atoms with Crippen molar-refractivity contribution in [2.75, 3.05) is 43.0 Å². The van der Waals surface area contributed by atoms with Crippen molar-refractivity contribution in [2.45, 2.75) is 23.6 Å². The molecule has 42 heavy (non-hydrogen) atoms. The number of benzene rings is 3. The first-order valence-electron chi connectivity index (χ1n) is 13.4. The fourth-order valence-corrected chi connectivity index (χ4v) is 5.74. The molecule has 0 spiro atoms. The first-order chi connectivity index (χ1) is 20.2. The Bertz CT molecular complexity index is 1510. The molecule has 4 aromatic rings. The number of thioether (sulfide) groups is 1. The predicted molar refractivity (Wildman–Crippen MR) is 161 cm³/mol. The average Bonchev–Trinajstić information content (AvgIpc) is 3.00. The summed E-state index contributed by atoms with van der Waals surface area (Å²) >= 11 is 7.76. The summed E-state index contributed by atoms with van der Waals surface area (Å²) < 4.78 is 39.3. The molecular weight excluding hydrogens is 583 g/mol. The third-order valence-corrected chi connectivity index (χ3v) is 8.10. The average molecular weight is 612 g/mol. The lowest BCUT2D eigenvalue weighted by molar-refractivity contribution is -0.137. The molecule has 0 saturated carbocycles. The van der Waals surface area contributed by atoms with Gasteiger partial charge in [-0.2, -0.15) is 13.2 Å². The quantitative estimate of drug-likeness (QED) is 0.121. The highest BCUT2D eigenvalue weighted by molar-refractivity contribution is 7.98. The van der Waals surface area contributed by atoms with Gasteiger partial charge in [-0.3, -0.25) is 4.79 Å². The third kappa shape index (κ3) is 7.54. The van der Waals surface area contributed by atoms with Crippen LogP contribution in [0.25, 0.3) is 0 Å². The number of halogens is 4. The van der Waals surface area contributed by atoms with E-state index in [1.807, 2.05) is 47.2 Å². The molecule has 11 heteroatoms. The minimum atomic E-state index is -4.39. The molecule has 0 aliphatic carbocycles. The topological polar surface area (TPSA) is 52.6 Å². The number of anilines is 2. The number of carbonyl (C=O) groups is 1. The molecule has 0 bridgehead atoms. The van der Waals surface area contributed by atoms with Crippen LogP contribution in [-0.2, 0) is 18.5 Å². The molecule has 1 fully saturated rings. The van der Waals surface area contributed by atoms with E-state index in [1.165, 1.54) is 17.8 Å². The number of carbonyl (C=O) groups excluding carboxylic acids is 1. The van der Waals surface area contributed by atoms with Crippen LogP contribution >= 0.6 is 23.4 Å². The van der Waals surface area contributed by atoms with Gasteiger partial charge in [0.05, 0.1) is 5.56 Å². The molecule has 1 saturated heterocycles. The number of hydrogen-bond acceptors (Lipinski definition) is 6. The van der Waals surface area contributed by atoms with Crippen molar-refractivity contribution in [1.29, 1.82) is 0 Å². The van der Waals surface area contributed by atoms with Crippen LogP contribution in [-0.4, -0.2) is 54.0 Å². The second-order valence-corrected chi connectivity index (χ2v) is 11.3. The molecule has 6 nitrogen and oxygen atoms in total. The lowest BCUT2D eigenvalue weighted by atomic mass is 10.1. The Morgan fingerprint density at radius 1 is 0.905 bits per heavy atom. The van der Waals surface area contributed by atoms with Crippen LogP contribution in [0.3, 0.4) is 0 Å². The highest BCUT2D eigenvalue weighted by Crippen LogP contribution is 2.32. The molecule has 0 radical (unpaired) electrons. The Morgan fingerprint density at radius 2 is 1.62 bits per heavy atom. The fraction of sp³-hybridized carbons (Fsp3) is 0.258. The maximum atomic E-state index is 13.1. The molecule has 1 aromatic heterocycles. The summed E-state index contributed by atoms with van der Waals surface area (Å²) in [6.07, 6.45) is -4.39. The third-order valence-electron chi connectivity index (χ3n) is 6.99. The number of amides is 1. The van der Waals surface area contributed by atoms with Crippen molar-refractivity contribution in [3.8, 4) is 0 Å². The first-order valence-corrected chi connectivity index (χ1v) is 14.7. The van der Waals surface area contributed by atoms with Crippen LogP contribution in [0.15, 0.2) is 90.1 Å². The van der Waals surface area contributed by atoms with Crippen molar-refractivity contribution < 1.29 is 18.0 Å². The zero-order chi connectivity index (χ0) is 29.7. The molecule has 218 valence electrons. The van der Waals surface area contributed by atoms with Crippen LogP contribution in [0.2, 0.25) is 5.15 Å². The number of aromatic nitrogens is 2. The summed E-state index contributed by atoms with van der Waals surface area (Å²) in [5.41, 5.74) is 2.58. The van der Waals surface area contributed by atoms with E-state index in [2.05, 4.69) is 22.1 Å². The maximum absolute atomic E-state index is 13.1. The Hall–Kier alpha value is -3.76. The van der Waals surface area contributed by atoms with Gasteiger partial charge in [-0.05, 0) is 41.5 Å². The van der Waals surface area contributed by atoms with Gasteiger partial charge in [0.15, 0.2) is 5.16 Å². The molecule has 1 amide bonds. The van der Waals surface area contributed by atoms with Gasteiger partial charge in [-0.15, -0.1) is 0 Å². The van der Waals surface area contributed by atoms with Crippen molar-refractivity contribution in [3.63, 3.8) is 0 Å². The van der Waals surface area contributed by atoms with E-state index in [4.69, 9.17) is 11.6 Å². The minimum Gasteiger partial charge on any atom is -0.368 e. The zero-order valence-electron chi connectivity index (χ0n) is 22.9.